The highest BCUT2D eigenvalue weighted by Crippen LogP contribution is 2.26. The van der Waals surface area contributed by atoms with Crippen molar-refractivity contribution in [2.45, 2.75) is 26.2 Å². The van der Waals surface area contributed by atoms with E-state index in [9.17, 15) is 4.79 Å². The van der Waals surface area contributed by atoms with Gasteiger partial charge in [0.2, 0.25) is 5.91 Å². The van der Waals surface area contributed by atoms with Gasteiger partial charge in [0.15, 0.2) is 0 Å². The summed E-state index contributed by atoms with van der Waals surface area (Å²) < 4.78 is 5.42. The number of carbonyl (C=O) groups excluding carboxylic acids is 1. The molecule has 2 aromatic rings. The molecule has 3 rings (SSSR count). The number of rotatable bonds is 6. The van der Waals surface area contributed by atoms with E-state index in [4.69, 9.17) is 4.74 Å². The number of benzene rings is 2. The lowest BCUT2D eigenvalue weighted by Gasteiger charge is -2.30. The fraction of sp³-hybridized carbons (Fsp3) is 0.381. The van der Waals surface area contributed by atoms with Crippen molar-refractivity contribution in [2.75, 3.05) is 36.5 Å². The predicted octanol–water partition coefficient (Wildman–Crippen LogP) is 3.66. The predicted molar refractivity (Wildman–Crippen MR) is 102 cm³/mol. The van der Waals surface area contributed by atoms with Gasteiger partial charge < -0.3 is 15.0 Å². The molecule has 0 aliphatic carbocycles. The first-order valence-electron chi connectivity index (χ1n) is 9.05. The number of nitrogens with zero attached hydrogens (tertiary/aromatic N) is 1. The van der Waals surface area contributed by atoms with Crippen molar-refractivity contribution in [1.82, 2.24) is 0 Å². The summed E-state index contributed by atoms with van der Waals surface area (Å²) in [6.07, 6.45) is 2.29. The van der Waals surface area contributed by atoms with E-state index in [2.05, 4.69) is 47.5 Å². The van der Waals surface area contributed by atoms with E-state index in [0.717, 1.165) is 50.5 Å². The lowest BCUT2D eigenvalue weighted by molar-refractivity contribution is -0.116. The van der Waals surface area contributed by atoms with Crippen molar-refractivity contribution in [3.63, 3.8) is 0 Å². The van der Waals surface area contributed by atoms with Crippen LogP contribution in [0.25, 0.3) is 0 Å². The fourth-order valence-corrected chi connectivity index (χ4v) is 3.07. The third-order valence-electron chi connectivity index (χ3n) is 4.60. The second-order valence-electron chi connectivity index (χ2n) is 6.33. The summed E-state index contributed by atoms with van der Waals surface area (Å²) in [6.45, 7) is 5.33. The fourth-order valence-electron chi connectivity index (χ4n) is 3.07. The van der Waals surface area contributed by atoms with Crippen LogP contribution in [0, 0.1) is 0 Å². The highest BCUT2D eigenvalue weighted by Gasteiger charge is 2.15. The Morgan fingerprint density at radius 3 is 2.44 bits per heavy atom. The maximum absolute atomic E-state index is 12.4. The van der Waals surface area contributed by atoms with Crippen LogP contribution in [0.15, 0.2) is 48.5 Å². The third-order valence-corrected chi connectivity index (χ3v) is 4.60. The van der Waals surface area contributed by atoms with Crippen molar-refractivity contribution in [2.24, 2.45) is 0 Å². The van der Waals surface area contributed by atoms with E-state index < -0.39 is 0 Å². The Kier molecular flexibility index (Phi) is 6.07. The Morgan fingerprint density at radius 2 is 1.72 bits per heavy atom. The summed E-state index contributed by atoms with van der Waals surface area (Å²) in [5.74, 6) is 0.0558. The highest BCUT2D eigenvalue weighted by molar-refractivity contribution is 5.94. The summed E-state index contributed by atoms with van der Waals surface area (Å²) in [4.78, 5) is 14.7. The minimum atomic E-state index is 0.0558. The SMILES string of the molecule is CCc1ccc(CCC(=O)Nc2ccccc2N2CCOCC2)cc1. The molecule has 1 amide bonds. The molecule has 1 N–H and O–H groups in total. The Bertz CT molecular complexity index is 691. The first kappa shape index (κ1) is 17.5. The van der Waals surface area contributed by atoms with Crippen LogP contribution in [-0.2, 0) is 22.4 Å². The Balaban J connectivity index is 1.58. The average Bonchev–Trinajstić information content (AvgIpc) is 2.68. The Hall–Kier alpha value is -2.33. The van der Waals surface area contributed by atoms with Crippen molar-refractivity contribution < 1.29 is 9.53 Å². The van der Waals surface area contributed by atoms with Crippen LogP contribution in [0.5, 0.6) is 0 Å². The maximum Gasteiger partial charge on any atom is 0.224 e. The molecule has 0 saturated carbocycles. The van der Waals surface area contributed by atoms with E-state index in [1.165, 1.54) is 11.1 Å². The number of ether oxygens (including phenoxy) is 1. The summed E-state index contributed by atoms with van der Waals surface area (Å²) in [5, 5.41) is 3.08. The molecule has 1 aliphatic heterocycles. The number of para-hydroxylation sites is 2. The van der Waals surface area contributed by atoms with Gasteiger partial charge in [0.05, 0.1) is 24.6 Å². The van der Waals surface area contributed by atoms with Crippen LogP contribution < -0.4 is 10.2 Å². The largest absolute Gasteiger partial charge is 0.378 e. The Morgan fingerprint density at radius 1 is 1.04 bits per heavy atom. The van der Waals surface area contributed by atoms with E-state index in [1.807, 2.05) is 18.2 Å². The summed E-state index contributed by atoms with van der Waals surface area (Å²) in [5.41, 5.74) is 4.49. The van der Waals surface area contributed by atoms with Crippen molar-refractivity contribution in [3.8, 4) is 0 Å². The van der Waals surface area contributed by atoms with Gasteiger partial charge in [0, 0.05) is 19.5 Å². The molecule has 0 bridgehead atoms. The summed E-state index contributed by atoms with van der Waals surface area (Å²) in [6, 6.07) is 16.5. The van der Waals surface area contributed by atoms with Crippen LogP contribution in [0.4, 0.5) is 11.4 Å². The van der Waals surface area contributed by atoms with E-state index in [1.54, 1.807) is 0 Å². The molecule has 0 unspecified atom stereocenters. The van der Waals surface area contributed by atoms with Gasteiger partial charge in [-0.1, -0.05) is 43.3 Å². The lowest BCUT2D eigenvalue weighted by atomic mass is 10.1. The molecule has 1 aliphatic rings. The van der Waals surface area contributed by atoms with Crippen molar-refractivity contribution in [1.29, 1.82) is 0 Å². The van der Waals surface area contributed by atoms with E-state index >= 15 is 0 Å². The van der Waals surface area contributed by atoms with E-state index in [-0.39, 0.29) is 5.91 Å². The van der Waals surface area contributed by atoms with Gasteiger partial charge in [-0.3, -0.25) is 4.79 Å². The lowest BCUT2D eigenvalue weighted by Crippen LogP contribution is -2.36. The van der Waals surface area contributed by atoms with Crippen LogP contribution in [0.1, 0.15) is 24.5 Å². The molecule has 4 nitrogen and oxygen atoms in total. The smallest absolute Gasteiger partial charge is 0.224 e. The van der Waals surface area contributed by atoms with Crippen LogP contribution in [0.3, 0.4) is 0 Å². The van der Waals surface area contributed by atoms with E-state index in [0.29, 0.717) is 6.42 Å². The molecule has 2 aromatic carbocycles. The molecular formula is C21H26N2O2. The maximum atomic E-state index is 12.4. The molecule has 1 saturated heterocycles. The molecule has 25 heavy (non-hydrogen) atoms. The van der Waals surface area contributed by atoms with Gasteiger partial charge in [0.1, 0.15) is 0 Å². The number of carbonyl (C=O) groups is 1. The number of aryl methyl sites for hydroxylation is 2. The van der Waals surface area contributed by atoms with Crippen LogP contribution in [-0.4, -0.2) is 32.2 Å². The molecule has 0 spiro atoms. The number of morpholine rings is 1. The van der Waals surface area contributed by atoms with Crippen LogP contribution >= 0.6 is 0 Å². The van der Waals surface area contributed by atoms with Gasteiger partial charge in [-0.15, -0.1) is 0 Å². The topological polar surface area (TPSA) is 41.6 Å². The van der Waals surface area contributed by atoms with Gasteiger partial charge in [-0.05, 0) is 36.1 Å². The normalized spacial score (nSPS) is 14.4. The molecule has 0 aromatic heterocycles. The number of hydrogen-bond acceptors (Lipinski definition) is 3. The number of nitrogens with one attached hydrogen (secondary N) is 1. The molecule has 4 heteroatoms. The summed E-state index contributed by atoms with van der Waals surface area (Å²) >= 11 is 0. The van der Waals surface area contributed by atoms with Gasteiger partial charge in [0.25, 0.3) is 0 Å². The summed E-state index contributed by atoms with van der Waals surface area (Å²) in [7, 11) is 0. The minimum absolute atomic E-state index is 0.0558. The average molecular weight is 338 g/mol. The van der Waals surface area contributed by atoms with Crippen molar-refractivity contribution in [3.05, 3.63) is 59.7 Å². The Labute approximate surface area is 149 Å². The second-order valence-corrected chi connectivity index (χ2v) is 6.33. The molecule has 0 radical (unpaired) electrons. The van der Waals surface area contributed by atoms with Gasteiger partial charge >= 0.3 is 0 Å². The van der Waals surface area contributed by atoms with Crippen LogP contribution in [0.2, 0.25) is 0 Å². The molecule has 132 valence electrons. The minimum Gasteiger partial charge on any atom is -0.378 e. The molecule has 0 atom stereocenters. The number of anilines is 2. The molecular weight excluding hydrogens is 312 g/mol. The highest BCUT2D eigenvalue weighted by atomic mass is 16.5. The second kappa shape index (κ2) is 8.67. The van der Waals surface area contributed by atoms with Crippen molar-refractivity contribution >= 4 is 17.3 Å². The molecule has 1 heterocycles. The quantitative estimate of drug-likeness (QED) is 0.874. The van der Waals surface area contributed by atoms with Gasteiger partial charge in [-0.2, -0.15) is 0 Å². The third kappa shape index (κ3) is 4.83. The first-order valence-corrected chi connectivity index (χ1v) is 9.05. The number of hydrogen-bond donors (Lipinski definition) is 1. The zero-order valence-corrected chi connectivity index (χ0v) is 14.8. The zero-order chi connectivity index (χ0) is 17.5. The standard InChI is InChI=1S/C21H26N2O2/c1-2-17-7-9-18(10-8-17)11-12-21(24)22-19-5-3-4-6-20(19)23-13-15-25-16-14-23/h3-10H,2,11-16H2,1H3,(H,22,24). The monoisotopic (exact) mass is 338 g/mol. The van der Waals surface area contributed by atoms with Gasteiger partial charge in [-0.25, -0.2) is 0 Å². The first-order chi connectivity index (χ1) is 12.3. The zero-order valence-electron chi connectivity index (χ0n) is 14.8. The molecule has 1 fully saturated rings. The number of amides is 1.